The second kappa shape index (κ2) is 5.07. The van der Waals surface area contributed by atoms with E-state index in [0.717, 1.165) is 0 Å². The van der Waals surface area contributed by atoms with Crippen LogP contribution >= 0.6 is 0 Å². The predicted octanol–water partition coefficient (Wildman–Crippen LogP) is -1.42. The van der Waals surface area contributed by atoms with Gasteiger partial charge in [-0.25, -0.2) is 8.42 Å². The Kier molecular flexibility index (Phi) is 4.69. The summed E-state index contributed by atoms with van der Waals surface area (Å²) in [4.78, 5) is 0. The van der Waals surface area contributed by atoms with Crippen LogP contribution in [-0.4, -0.2) is 26.7 Å². The van der Waals surface area contributed by atoms with Crippen LogP contribution in [0.5, 0.6) is 0 Å². The molecule has 0 aliphatic carbocycles. The largest absolute Gasteiger partial charge is 0.477 e. The van der Waals surface area contributed by atoms with Gasteiger partial charge < -0.3 is 9.84 Å². The lowest BCUT2D eigenvalue weighted by Crippen LogP contribution is -2.13. The van der Waals surface area contributed by atoms with E-state index in [1.54, 1.807) is 0 Å². The van der Waals surface area contributed by atoms with Crippen LogP contribution in [0.2, 0.25) is 0 Å². The predicted molar refractivity (Wildman–Crippen MR) is 35.6 cm³/mol. The number of nitrogens with one attached hydrogen (secondary N) is 1. The fourth-order valence-corrected chi connectivity index (χ4v) is 0.571. The van der Waals surface area contributed by atoms with Gasteiger partial charge in [-0.15, -0.1) is 0 Å². The van der Waals surface area contributed by atoms with Crippen molar-refractivity contribution < 1.29 is 18.3 Å². The summed E-state index contributed by atoms with van der Waals surface area (Å²) in [6.07, 6.45) is 0. The molecule has 2 N–H and O–H groups in total. The third kappa shape index (κ3) is 5.39. The SMILES string of the molecule is C=C(N[SH](=O)=O)OCCO. The van der Waals surface area contributed by atoms with Gasteiger partial charge in [0.1, 0.15) is 6.61 Å². The Morgan fingerprint density at radius 2 is 2.30 bits per heavy atom. The molecule has 0 aliphatic rings. The lowest BCUT2D eigenvalue weighted by molar-refractivity contribution is 0.140. The molecule has 0 heterocycles. The molecule has 0 radical (unpaired) electrons. The Morgan fingerprint density at radius 3 is 2.70 bits per heavy atom. The van der Waals surface area contributed by atoms with Gasteiger partial charge in [0, 0.05) is 0 Å². The molecule has 0 amide bonds. The van der Waals surface area contributed by atoms with Gasteiger partial charge in [-0.1, -0.05) is 0 Å². The average molecular weight is 167 g/mol. The van der Waals surface area contributed by atoms with Crippen molar-refractivity contribution in [3.8, 4) is 0 Å². The van der Waals surface area contributed by atoms with E-state index in [0.29, 0.717) is 0 Å². The van der Waals surface area contributed by atoms with Gasteiger partial charge in [0.2, 0.25) is 10.9 Å². The maximum atomic E-state index is 9.90. The first kappa shape index (κ1) is 9.25. The van der Waals surface area contributed by atoms with Crippen molar-refractivity contribution in [1.29, 1.82) is 0 Å². The van der Waals surface area contributed by atoms with Crippen LogP contribution < -0.4 is 4.72 Å². The van der Waals surface area contributed by atoms with E-state index in [2.05, 4.69) is 11.3 Å². The third-order valence-electron chi connectivity index (χ3n) is 0.584. The quantitative estimate of drug-likeness (QED) is 0.347. The highest BCUT2D eigenvalue weighted by Gasteiger charge is 1.91. The Bertz CT molecular complexity index is 168. The fraction of sp³-hybridized carbons (Fsp3) is 0.500. The minimum absolute atomic E-state index is 0.0367. The number of rotatable bonds is 5. The summed E-state index contributed by atoms with van der Waals surface area (Å²) in [7, 11) is -2.71. The normalized spacial score (nSPS) is 9.40. The van der Waals surface area contributed by atoms with Crippen molar-refractivity contribution in [1.82, 2.24) is 4.72 Å². The zero-order valence-corrected chi connectivity index (χ0v) is 6.13. The molecule has 0 unspecified atom stereocenters. The van der Waals surface area contributed by atoms with Crippen LogP contribution in [0.4, 0.5) is 0 Å². The van der Waals surface area contributed by atoms with Crippen LogP contribution in [0.3, 0.4) is 0 Å². The smallest absolute Gasteiger partial charge is 0.224 e. The molecule has 0 aromatic rings. The van der Waals surface area contributed by atoms with E-state index in [-0.39, 0.29) is 19.1 Å². The molecular formula is C4H9NO4S. The average Bonchev–Trinajstić information content (AvgIpc) is 1.82. The van der Waals surface area contributed by atoms with Gasteiger partial charge in [0.05, 0.1) is 6.61 Å². The summed E-state index contributed by atoms with van der Waals surface area (Å²) >= 11 is 0. The topological polar surface area (TPSA) is 75.6 Å². The molecule has 0 spiro atoms. The monoisotopic (exact) mass is 167 g/mol. The minimum atomic E-state index is -2.71. The van der Waals surface area contributed by atoms with Crippen molar-refractivity contribution in [2.75, 3.05) is 13.2 Å². The maximum absolute atomic E-state index is 9.90. The van der Waals surface area contributed by atoms with Gasteiger partial charge >= 0.3 is 0 Å². The summed E-state index contributed by atoms with van der Waals surface area (Å²) in [6, 6.07) is 0. The summed E-state index contributed by atoms with van der Waals surface area (Å²) in [5.74, 6) is -0.0786. The molecule has 0 aliphatic heterocycles. The van der Waals surface area contributed by atoms with Gasteiger partial charge in [0.15, 0.2) is 5.88 Å². The number of hydrogen-bond acceptors (Lipinski definition) is 4. The first-order valence-corrected chi connectivity index (χ1v) is 3.68. The molecule has 10 heavy (non-hydrogen) atoms. The van der Waals surface area contributed by atoms with E-state index in [4.69, 9.17) is 5.11 Å². The van der Waals surface area contributed by atoms with Crippen LogP contribution in [0, 0.1) is 0 Å². The molecule has 0 saturated heterocycles. The lowest BCUT2D eigenvalue weighted by Gasteiger charge is -2.03. The van der Waals surface area contributed by atoms with E-state index >= 15 is 0 Å². The van der Waals surface area contributed by atoms with Gasteiger partial charge in [-0.05, 0) is 6.58 Å². The van der Waals surface area contributed by atoms with Crippen molar-refractivity contribution in [2.24, 2.45) is 0 Å². The molecule has 6 heteroatoms. The summed E-state index contributed by atoms with van der Waals surface area (Å²) < 4.78 is 26.3. The van der Waals surface area contributed by atoms with Crippen molar-refractivity contribution >= 4 is 10.9 Å². The van der Waals surface area contributed by atoms with E-state index in [1.807, 2.05) is 4.72 Å². The Morgan fingerprint density at radius 1 is 1.70 bits per heavy atom. The standard InChI is InChI=1S/C4H9NO4S/c1-4(5-10(7)8)9-3-2-6/h6,10H,1-3H2,(H,5,7,8). The molecular weight excluding hydrogens is 158 g/mol. The van der Waals surface area contributed by atoms with Crippen LogP contribution in [0.1, 0.15) is 0 Å². The summed E-state index contributed by atoms with van der Waals surface area (Å²) in [5.41, 5.74) is 0. The van der Waals surface area contributed by atoms with E-state index in [1.165, 1.54) is 0 Å². The van der Waals surface area contributed by atoms with Crippen LogP contribution in [0.15, 0.2) is 12.5 Å². The zero-order valence-electron chi connectivity index (χ0n) is 5.24. The first-order chi connectivity index (χ1) is 4.66. The number of aliphatic hydroxyl groups excluding tert-OH is 1. The molecule has 0 rings (SSSR count). The number of aliphatic hydroxyl groups is 1. The van der Waals surface area contributed by atoms with Crippen LogP contribution in [0.25, 0.3) is 0 Å². The Labute approximate surface area is 60.4 Å². The fourth-order valence-electron chi connectivity index (χ4n) is 0.303. The molecule has 0 saturated carbocycles. The summed E-state index contributed by atoms with van der Waals surface area (Å²) in [5, 5.41) is 8.20. The van der Waals surface area contributed by atoms with Crippen LogP contribution in [-0.2, 0) is 15.6 Å². The first-order valence-electron chi connectivity index (χ1n) is 2.50. The van der Waals surface area contributed by atoms with Crippen molar-refractivity contribution in [3.05, 3.63) is 12.5 Å². The number of hydrogen-bond donors (Lipinski definition) is 3. The highest BCUT2D eigenvalue weighted by Crippen LogP contribution is 1.84. The van der Waals surface area contributed by atoms with E-state index < -0.39 is 10.9 Å². The molecule has 0 aromatic heterocycles. The van der Waals surface area contributed by atoms with Crippen molar-refractivity contribution in [3.63, 3.8) is 0 Å². The van der Waals surface area contributed by atoms with E-state index in [9.17, 15) is 8.42 Å². The number of thiol groups is 1. The molecule has 5 nitrogen and oxygen atoms in total. The lowest BCUT2D eigenvalue weighted by atomic mass is 10.8. The molecule has 0 atom stereocenters. The van der Waals surface area contributed by atoms with Gasteiger partial charge in [0.25, 0.3) is 0 Å². The zero-order chi connectivity index (χ0) is 7.98. The highest BCUT2D eigenvalue weighted by molar-refractivity contribution is 7.70. The van der Waals surface area contributed by atoms with Crippen molar-refractivity contribution in [2.45, 2.75) is 0 Å². The Balaban J connectivity index is 3.44. The second-order valence-corrected chi connectivity index (χ2v) is 2.10. The molecule has 0 fully saturated rings. The third-order valence-corrected chi connectivity index (χ3v) is 1.02. The van der Waals surface area contributed by atoms with Gasteiger partial charge in [-0.2, -0.15) is 0 Å². The number of ether oxygens (including phenoxy) is 1. The molecule has 60 valence electrons. The molecule has 0 aromatic carbocycles. The highest BCUT2D eigenvalue weighted by atomic mass is 32.2. The Hall–Kier alpha value is -0.750. The maximum Gasteiger partial charge on any atom is 0.224 e. The second-order valence-electron chi connectivity index (χ2n) is 1.36. The summed E-state index contributed by atoms with van der Waals surface area (Å²) in [6.45, 7) is 3.07. The molecule has 0 bridgehead atoms. The minimum Gasteiger partial charge on any atom is -0.477 e. The van der Waals surface area contributed by atoms with Gasteiger partial charge in [-0.3, -0.25) is 4.72 Å².